The van der Waals surface area contributed by atoms with Crippen LogP contribution in [0.3, 0.4) is 0 Å². The first-order chi connectivity index (χ1) is 8.97. The van der Waals surface area contributed by atoms with Crippen molar-refractivity contribution in [3.8, 4) is 11.5 Å². The van der Waals surface area contributed by atoms with Gasteiger partial charge in [0.25, 0.3) is 0 Å². The third-order valence-corrected chi connectivity index (χ3v) is 4.58. The summed E-state index contributed by atoms with van der Waals surface area (Å²) in [6, 6.07) is 0. The van der Waals surface area contributed by atoms with Crippen molar-refractivity contribution in [2.75, 3.05) is 0 Å². The molecule has 0 aliphatic heterocycles. The molecule has 0 radical (unpaired) electrons. The lowest BCUT2D eigenvalue weighted by Gasteiger charge is -2.16. The SMILES string of the molecule is C[Si](C)(C)C#Cc1c(Cl)ncc2c1CCCCCC2. The second kappa shape index (κ2) is 6.11. The molecule has 1 aliphatic carbocycles. The monoisotopic (exact) mass is 291 g/mol. The Balaban J connectivity index is 2.45. The van der Waals surface area contributed by atoms with Crippen molar-refractivity contribution in [3.05, 3.63) is 28.0 Å². The maximum absolute atomic E-state index is 6.29. The third kappa shape index (κ3) is 4.09. The van der Waals surface area contributed by atoms with E-state index >= 15 is 0 Å². The molecule has 0 atom stereocenters. The summed E-state index contributed by atoms with van der Waals surface area (Å²) in [5.74, 6) is 3.35. The van der Waals surface area contributed by atoms with Gasteiger partial charge in [-0.25, -0.2) is 4.98 Å². The van der Waals surface area contributed by atoms with Crippen LogP contribution in [0.2, 0.25) is 24.8 Å². The molecule has 1 heterocycles. The molecule has 2 rings (SSSR count). The highest BCUT2D eigenvalue weighted by Gasteiger charge is 2.15. The number of aromatic nitrogens is 1. The summed E-state index contributed by atoms with van der Waals surface area (Å²) in [4.78, 5) is 4.34. The van der Waals surface area contributed by atoms with Gasteiger partial charge in [0, 0.05) is 6.20 Å². The van der Waals surface area contributed by atoms with Gasteiger partial charge < -0.3 is 0 Å². The molecular formula is C16H22ClNSi. The van der Waals surface area contributed by atoms with Crippen molar-refractivity contribution < 1.29 is 0 Å². The molecule has 0 amide bonds. The van der Waals surface area contributed by atoms with Crippen LogP contribution in [0.4, 0.5) is 0 Å². The van der Waals surface area contributed by atoms with Gasteiger partial charge in [-0.15, -0.1) is 5.54 Å². The molecular weight excluding hydrogens is 270 g/mol. The molecule has 0 unspecified atom stereocenters. The highest BCUT2D eigenvalue weighted by atomic mass is 35.5. The first kappa shape index (κ1) is 14.6. The number of rotatable bonds is 0. The summed E-state index contributed by atoms with van der Waals surface area (Å²) in [6.07, 6.45) is 9.35. The van der Waals surface area contributed by atoms with Gasteiger partial charge in [-0.2, -0.15) is 0 Å². The van der Waals surface area contributed by atoms with Crippen LogP contribution in [0.25, 0.3) is 0 Å². The van der Waals surface area contributed by atoms with Crippen LogP contribution in [0, 0.1) is 11.5 Å². The van der Waals surface area contributed by atoms with E-state index in [0.29, 0.717) is 5.15 Å². The summed E-state index contributed by atoms with van der Waals surface area (Å²) in [7, 11) is -1.38. The molecule has 0 saturated carbocycles. The van der Waals surface area contributed by atoms with E-state index < -0.39 is 8.07 Å². The standard InChI is InChI=1S/C16H22ClNSi/c1-19(2,3)11-10-15-14-9-7-5-4-6-8-13(14)12-18-16(15)17/h12H,4-9H2,1-3H3. The quantitative estimate of drug-likeness (QED) is 0.386. The smallest absolute Gasteiger partial charge is 0.144 e. The number of hydrogen-bond acceptors (Lipinski definition) is 1. The Morgan fingerprint density at radius 2 is 1.79 bits per heavy atom. The Bertz CT molecular complexity index is 520. The number of fused-ring (bicyclic) bond motifs is 1. The molecule has 0 saturated heterocycles. The second-order valence-corrected chi connectivity index (χ2v) is 11.5. The fourth-order valence-corrected chi connectivity index (χ4v) is 3.12. The van der Waals surface area contributed by atoms with Gasteiger partial charge in [0.2, 0.25) is 0 Å². The fraction of sp³-hybridized carbons (Fsp3) is 0.562. The largest absolute Gasteiger partial charge is 0.243 e. The van der Waals surface area contributed by atoms with Gasteiger partial charge in [0.1, 0.15) is 13.2 Å². The van der Waals surface area contributed by atoms with E-state index in [1.807, 2.05) is 6.20 Å². The fourth-order valence-electron chi connectivity index (χ4n) is 2.41. The summed E-state index contributed by atoms with van der Waals surface area (Å²) in [6.45, 7) is 6.77. The molecule has 3 heteroatoms. The van der Waals surface area contributed by atoms with Crippen LogP contribution < -0.4 is 0 Å². The minimum Gasteiger partial charge on any atom is -0.243 e. The molecule has 0 aromatic carbocycles. The molecule has 0 N–H and O–H groups in total. The molecule has 19 heavy (non-hydrogen) atoms. The normalized spacial score (nSPS) is 15.8. The van der Waals surface area contributed by atoms with E-state index in [1.54, 1.807) is 0 Å². The van der Waals surface area contributed by atoms with Crippen molar-refractivity contribution in [2.45, 2.75) is 58.2 Å². The average molecular weight is 292 g/mol. The van der Waals surface area contributed by atoms with Crippen LogP contribution in [0.15, 0.2) is 6.20 Å². The van der Waals surface area contributed by atoms with E-state index in [1.165, 1.54) is 36.8 Å². The van der Waals surface area contributed by atoms with Gasteiger partial charge >= 0.3 is 0 Å². The molecule has 0 fully saturated rings. The zero-order valence-electron chi connectivity index (χ0n) is 12.1. The summed E-state index contributed by atoms with van der Waals surface area (Å²) in [5, 5.41) is 0.588. The molecule has 1 aliphatic rings. The van der Waals surface area contributed by atoms with Crippen molar-refractivity contribution in [2.24, 2.45) is 0 Å². The van der Waals surface area contributed by atoms with Crippen LogP contribution in [-0.2, 0) is 12.8 Å². The second-order valence-electron chi connectivity index (χ2n) is 6.34. The molecule has 1 aromatic rings. The van der Waals surface area contributed by atoms with Gasteiger partial charge in [0.05, 0.1) is 5.56 Å². The number of aryl methyl sites for hydroxylation is 1. The van der Waals surface area contributed by atoms with Crippen LogP contribution in [0.5, 0.6) is 0 Å². The summed E-state index contributed by atoms with van der Waals surface area (Å²) < 4.78 is 0. The zero-order valence-corrected chi connectivity index (χ0v) is 13.9. The third-order valence-electron chi connectivity index (χ3n) is 3.41. The van der Waals surface area contributed by atoms with Gasteiger partial charge in [0.15, 0.2) is 0 Å². The molecule has 0 spiro atoms. The maximum atomic E-state index is 6.29. The van der Waals surface area contributed by atoms with E-state index in [2.05, 4.69) is 36.1 Å². The molecule has 102 valence electrons. The Morgan fingerprint density at radius 3 is 2.47 bits per heavy atom. The number of pyridine rings is 1. The van der Waals surface area contributed by atoms with Gasteiger partial charge in [-0.1, -0.05) is 50.0 Å². The predicted molar refractivity (Wildman–Crippen MR) is 85.3 cm³/mol. The van der Waals surface area contributed by atoms with Crippen molar-refractivity contribution in [1.29, 1.82) is 0 Å². The van der Waals surface area contributed by atoms with Gasteiger partial charge in [-0.3, -0.25) is 0 Å². The Labute approximate surface area is 122 Å². The van der Waals surface area contributed by atoms with Crippen LogP contribution in [0.1, 0.15) is 42.4 Å². The summed E-state index contributed by atoms with van der Waals surface area (Å²) in [5.41, 5.74) is 7.16. The molecule has 1 aromatic heterocycles. The van der Waals surface area contributed by atoms with Crippen LogP contribution >= 0.6 is 11.6 Å². The van der Waals surface area contributed by atoms with E-state index in [-0.39, 0.29) is 0 Å². The number of hydrogen-bond donors (Lipinski definition) is 0. The Morgan fingerprint density at radius 1 is 1.11 bits per heavy atom. The van der Waals surface area contributed by atoms with E-state index in [4.69, 9.17) is 11.6 Å². The Hall–Kier alpha value is -0.783. The van der Waals surface area contributed by atoms with Gasteiger partial charge in [-0.05, 0) is 36.8 Å². The minimum atomic E-state index is -1.38. The minimum absolute atomic E-state index is 0.588. The van der Waals surface area contributed by atoms with E-state index in [9.17, 15) is 0 Å². The first-order valence-electron chi connectivity index (χ1n) is 7.17. The van der Waals surface area contributed by atoms with Crippen molar-refractivity contribution >= 4 is 19.7 Å². The highest BCUT2D eigenvalue weighted by molar-refractivity contribution is 6.83. The summed E-state index contributed by atoms with van der Waals surface area (Å²) >= 11 is 6.29. The molecule has 0 bridgehead atoms. The lowest BCUT2D eigenvalue weighted by atomic mass is 9.92. The van der Waals surface area contributed by atoms with Crippen molar-refractivity contribution in [1.82, 2.24) is 4.98 Å². The van der Waals surface area contributed by atoms with Crippen molar-refractivity contribution in [3.63, 3.8) is 0 Å². The maximum Gasteiger partial charge on any atom is 0.144 e. The highest BCUT2D eigenvalue weighted by Crippen LogP contribution is 2.26. The lowest BCUT2D eigenvalue weighted by molar-refractivity contribution is 0.615. The average Bonchev–Trinajstić information content (AvgIpc) is 2.28. The number of nitrogens with zero attached hydrogens (tertiary/aromatic N) is 1. The predicted octanol–water partition coefficient (Wildman–Crippen LogP) is 4.62. The first-order valence-corrected chi connectivity index (χ1v) is 11.0. The van der Waals surface area contributed by atoms with Crippen LogP contribution in [-0.4, -0.2) is 13.1 Å². The van der Waals surface area contributed by atoms with E-state index in [0.717, 1.165) is 18.4 Å². The molecule has 1 nitrogen and oxygen atoms in total. The lowest BCUT2D eigenvalue weighted by Crippen LogP contribution is -2.16. The number of halogens is 1. The topological polar surface area (TPSA) is 12.9 Å². The Kier molecular flexibility index (Phi) is 4.70. The zero-order chi connectivity index (χ0) is 13.9.